The molecule has 3 aromatic carbocycles. The molecule has 166 valence electrons. The highest BCUT2D eigenvalue weighted by Gasteiger charge is 2.21. The van der Waals surface area contributed by atoms with E-state index in [9.17, 15) is 24.9 Å². The number of hydrogen-bond donors (Lipinski definition) is 3. The maximum absolute atomic E-state index is 13.1. The van der Waals surface area contributed by atoms with Crippen LogP contribution in [-0.2, 0) is 4.79 Å². The molecule has 4 aromatic rings. The number of ether oxygens (including phenoxy) is 1. The van der Waals surface area contributed by atoms with E-state index >= 15 is 0 Å². The van der Waals surface area contributed by atoms with Crippen molar-refractivity contribution in [1.29, 1.82) is 0 Å². The second kappa shape index (κ2) is 9.22. The van der Waals surface area contributed by atoms with E-state index in [0.29, 0.717) is 5.56 Å². The van der Waals surface area contributed by atoms with Gasteiger partial charge in [0, 0.05) is 22.2 Å². The van der Waals surface area contributed by atoms with Gasteiger partial charge in [0.15, 0.2) is 18.2 Å². The topological polar surface area (TPSA) is 117 Å². The predicted octanol–water partition coefficient (Wildman–Crippen LogP) is 5.00. The Bertz CT molecular complexity index is 1420. The van der Waals surface area contributed by atoms with E-state index in [4.69, 9.17) is 9.15 Å². The average molecular weight is 509 g/mol. The molecule has 33 heavy (non-hydrogen) atoms. The first kappa shape index (κ1) is 22.2. The normalized spacial score (nSPS) is 11.2. The minimum atomic E-state index is -0.707. The van der Waals surface area contributed by atoms with E-state index in [0.717, 1.165) is 16.1 Å². The zero-order valence-corrected chi connectivity index (χ0v) is 18.6. The van der Waals surface area contributed by atoms with Gasteiger partial charge in [-0.15, -0.1) is 0 Å². The number of hydrogen-bond acceptors (Lipinski definition) is 7. The molecule has 0 bridgehead atoms. The zero-order chi connectivity index (χ0) is 23.5. The lowest BCUT2D eigenvalue weighted by atomic mass is 10.1. The summed E-state index contributed by atoms with van der Waals surface area (Å²) >= 11 is 3.34. The first-order valence-electron chi connectivity index (χ1n) is 9.73. The van der Waals surface area contributed by atoms with E-state index in [-0.39, 0.29) is 34.0 Å². The van der Waals surface area contributed by atoms with Crippen LogP contribution in [0.3, 0.4) is 0 Å². The molecular weight excluding hydrogens is 492 g/mol. The van der Waals surface area contributed by atoms with E-state index in [1.807, 2.05) is 24.3 Å². The third-order valence-corrected chi connectivity index (χ3v) is 5.27. The third-order valence-electron chi connectivity index (χ3n) is 4.74. The van der Waals surface area contributed by atoms with Gasteiger partial charge >= 0.3 is 0 Å². The number of ketones is 1. The molecule has 0 aliphatic carbocycles. The highest BCUT2D eigenvalue weighted by Crippen LogP contribution is 2.36. The molecule has 0 saturated carbocycles. The minimum absolute atomic E-state index is 0.00731. The third kappa shape index (κ3) is 4.91. The molecule has 0 spiro atoms. The maximum Gasteiger partial charge on any atom is 0.239 e. The van der Waals surface area contributed by atoms with Crippen LogP contribution >= 0.6 is 15.9 Å². The largest absolute Gasteiger partial charge is 0.508 e. The molecule has 1 aromatic heterocycles. The molecule has 3 N–H and O–H groups in total. The van der Waals surface area contributed by atoms with Gasteiger partial charge in [0.25, 0.3) is 0 Å². The molecule has 0 aliphatic rings. The summed E-state index contributed by atoms with van der Waals surface area (Å²) in [7, 11) is 0. The molecule has 4 rings (SSSR count). The summed E-state index contributed by atoms with van der Waals surface area (Å²) in [6.45, 7) is -0.451. The van der Waals surface area contributed by atoms with E-state index in [1.54, 1.807) is 6.08 Å². The quantitative estimate of drug-likeness (QED) is 0.313. The van der Waals surface area contributed by atoms with Crippen LogP contribution in [0.2, 0.25) is 0 Å². The van der Waals surface area contributed by atoms with Gasteiger partial charge in [-0.2, -0.15) is 0 Å². The molecule has 1 heterocycles. The van der Waals surface area contributed by atoms with Crippen LogP contribution in [-0.4, -0.2) is 27.7 Å². The lowest BCUT2D eigenvalue weighted by molar-refractivity contribution is -0.116. The molecule has 0 atom stereocenters. The smallest absolute Gasteiger partial charge is 0.239 e. The molecule has 0 aliphatic heterocycles. The van der Waals surface area contributed by atoms with Crippen molar-refractivity contribution in [3.63, 3.8) is 0 Å². The second-order valence-electron chi connectivity index (χ2n) is 7.11. The van der Waals surface area contributed by atoms with Crippen LogP contribution in [0.15, 0.2) is 80.4 Å². The number of benzene rings is 3. The van der Waals surface area contributed by atoms with Crippen LogP contribution in [0.1, 0.15) is 5.56 Å². The Balaban J connectivity index is 1.70. The molecule has 0 amide bonds. The molecule has 0 saturated heterocycles. The Labute approximate surface area is 195 Å². The summed E-state index contributed by atoms with van der Waals surface area (Å²) in [5.74, 6) is -1.46. The molecule has 0 unspecified atom stereocenters. The van der Waals surface area contributed by atoms with Gasteiger partial charge in [0.1, 0.15) is 28.2 Å². The summed E-state index contributed by atoms with van der Waals surface area (Å²) in [6, 6.07) is 15.3. The van der Waals surface area contributed by atoms with Crippen molar-refractivity contribution >= 4 is 38.8 Å². The second-order valence-corrected chi connectivity index (χ2v) is 8.03. The summed E-state index contributed by atoms with van der Waals surface area (Å²) in [4.78, 5) is 25.5. The SMILES string of the molecule is O=C(/C=C/c1ccc(Br)cc1)COc1c(-c2ccc(O)cc2)oc2cc(O)cc(O)c2c1=O. The minimum Gasteiger partial charge on any atom is -0.508 e. The number of halogens is 1. The van der Waals surface area contributed by atoms with E-state index in [1.165, 1.54) is 36.4 Å². The molecule has 7 nitrogen and oxygen atoms in total. The number of fused-ring (bicyclic) bond motifs is 1. The van der Waals surface area contributed by atoms with E-state index < -0.39 is 23.6 Å². The van der Waals surface area contributed by atoms with Crippen LogP contribution in [0, 0.1) is 0 Å². The Morgan fingerprint density at radius 3 is 2.36 bits per heavy atom. The first-order valence-corrected chi connectivity index (χ1v) is 10.5. The summed E-state index contributed by atoms with van der Waals surface area (Å²) in [5, 5.41) is 29.3. The lowest BCUT2D eigenvalue weighted by Crippen LogP contribution is -2.15. The van der Waals surface area contributed by atoms with Gasteiger partial charge in [-0.3, -0.25) is 9.59 Å². The van der Waals surface area contributed by atoms with Gasteiger partial charge in [0.2, 0.25) is 11.2 Å². The number of carbonyl (C=O) groups excluding carboxylic acids is 1. The van der Waals surface area contributed by atoms with Gasteiger partial charge < -0.3 is 24.5 Å². The highest BCUT2D eigenvalue weighted by atomic mass is 79.9. The van der Waals surface area contributed by atoms with Crippen molar-refractivity contribution in [3.8, 4) is 34.3 Å². The fraction of sp³-hybridized carbons (Fsp3) is 0.0400. The van der Waals surface area contributed by atoms with Crippen molar-refractivity contribution in [2.75, 3.05) is 6.61 Å². The summed E-state index contributed by atoms with van der Waals surface area (Å²) in [5.41, 5.74) is 0.435. The van der Waals surface area contributed by atoms with Crippen molar-refractivity contribution < 1.29 is 29.3 Å². The highest BCUT2D eigenvalue weighted by molar-refractivity contribution is 9.10. The monoisotopic (exact) mass is 508 g/mol. The Morgan fingerprint density at radius 2 is 1.67 bits per heavy atom. The van der Waals surface area contributed by atoms with E-state index in [2.05, 4.69) is 15.9 Å². The van der Waals surface area contributed by atoms with Crippen molar-refractivity contribution in [2.45, 2.75) is 0 Å². The van der Waals surface area contributed by atoms with Gasteiger partial charge in [-0.05, 0) is 48.0 Å². The number of phenolic OH excluding ortho intramolecular Hbond substituents is 3. The van der Waals surface area contributed by atoms with Crippen molar-refractivity contribution in [1.82, 2.24) is 0 Å². The van der Waals surface area contributed by atoms with Gasteiger partial charge in [-0.1, -0.05) is 34.1 Å². The summed E-state index contributed by atoms with van der Waals surface area (Å²) < 4.78 is 12.3. The van der Waals surface area contributed by atoms with Crippen LogP contribution in [0.5, 0.6) is 23.0 Å². The number of phenols is 3. The molecule has 0 fully saturated rings. The summed E-state index contributed by atoms with van der Waals surface area (Å²) in [6.07, 6.45) is 2.96. The fourth-order valence-corrected chi connectivity index (χ4v) is 3.42. The predicted molar refractivity (Wildman–Crippen MR) is 127 cm³/mol. The van der Waals surface area contributed by atoms with Crippen LogP contribution in [0.4, 0.5) is 0 Å². The Morgan fingerprint density at radius 1 is 0.970 bits per heavy atom. The standard InChI is InChI=1S/C25H17BrO7/c26-16-6-1-14(2-7-16)3-8-18(28)13-32-25-23(31)22-20(30)11-19(29)12-21(22)33-24(25)15-4-9-17(27)10-5-15/h1-12,27,29-30H,13H2/b8-3+. The van der Waals surface area contributed by atoms with Crippen LogP contribution < -0.4 is 10.2 Å². The zero-order valence-electron chi connectivity index (χ0n) is 17.0. The molecule has 0 radical (unpaired) electrons. The number of rotatable bonds is 6. The van der Waals surface area contributed by atoms with Crippen LogP contribution in [0.25, 0.3) is 28.4 Å². The van der Waals surface area contributed by atoms with Crippen molar-refractivity contribution in [3.05, 3.63) is 87.0 Å². The molecule has 8 heteroatoms. The maximum atomic E-state index is 13.1. The fourth-order valence-electron chi connectivity index (χ4n) is 3.16. The Kier molecular flexibility index (Phi) is 6.19. The number of carbonyl (C=O) groups is 1. The first-order chi connectivity index (χ1) is 15.8. The van der Waals surface area contributed by atoms with Crippen molar-refractivity contribution in [2.24, 2.45) is 0 Å². The Hall–Kier alpha value is -4.04. The average Bonchev–Trinajstić information content (AvgIpc) is 2.78. The number of aromatic hydroxyl groups is 3. The lowest BCUT2D eigenvalue weighted by Gasteiger charge is -2.12. The van der Waals surface area contributed by atoms with Gasteiger partial charge in [0.05, 0.1) is 0 Å². The van der Waals surface area contributed by atoms with Gasteiger partial charge in [-0.25, -0.2) is 0 Å². The molecular formula is C25H17BrO7.